The molecule has 0 aromatic heterocycles. The number of anilines is 1. The molecule has 0 bridgehead atoms. The van der Waals surface area contributed by atoms with Crippen LogP contribution in [0.25, 0.3) is 0 Å². The van der Waals surface area contributed by atoms with E-state index in [0.29, 0.717) is 24.2 Å². The first-order valence-electron chi connectivity index (χ1n) is 9.47. The number of carbonyl (C=O) groups excluding carboxylic acids is 1. The van der Waals surface area contributed by atoms with Crippen LogP contribution < -0.4 is 14.8 Å². The zero-order chi connectivity index (χ0) is 18.7. The molecule has 0 unspecified atom stereocenters. The molecule has 1 fully saturated rings. The van der Waals surface area contributed by atoms with Gasteiger partial charge in [-0.2, -0.15) is 5.26 Å². The van der Waals surface area contributed by atoms with Gasteiger partial charge in [-0.25, -0.2) is 0 Å². The van der Waals surface area contributed by atoms with Gasteiger partial charge in [-0.05, 0) is 49.1 Å². The van der Waals surface area contributed by atoms with Crippen LogP contribution in [0.2, 0.25) is 0 Å². The van der Waals surface area contributed by atoms with Gasteiger partial charge in [0, 0.05) is 31.0 Å². The van der Waals surface area contributed by atoms with Gasteiger partial charge in [0.15, 0.2) is 11.5 Å². The summed E-state index contributed by atoms with van der Waals surface area (Å²) >= 11 is 0. The SMILES string of the molecule is N#Cc1ccc(CCC(=O)Nc2ccc3c(c2)OC2(CCCCC2)O3)cc1. The minimum atomic E-state index is -0.501. The van der Waals surface area contributed by atoms with Crippen LogP contribution in [0.3, 0.4) is 0 Å². The third-order valence-corrected chi connectivity index (χ3v) is 5.16. The van der Waals surface area contributed by atoms with Gasteiger partial charge in [-0.15, -0.1) is 0 Å². The molecule has 2 aromatic rings. The van der Waals surface area contributed by atoms with Crippen LogP contribution in [0.4, 0.5) is 5.69 Å². The summed E-state index contributed by atoms with van der Waals surface area (Å²) < 4.78 is 12.2. The van der Waals surface area contributed by atoms with Crippen molar-refractivity contribution in [3.63, 3.8) is 0 Å². The van der Waals surface area contributed by atoms with Gasteiger partial charge >= 0.3 is 0 Å². The zero-order valence-corrected chi connectivity index (χ0v) is 15.2. The van der Waals surface area contributed by atoms with E-state index in [0.717, 1.165) is 42.7 Å². The first kappa shape index (κ1) is 17.4. The summed E-state index contributed by atoms with van der Waals surface area (Å²) in [6.45, 7) is 0. The molecule has 1 amide bonds. The third kappa shape index (κ3) is 3.90. The Morgan fingerprint density at radius 2 is 1.78 bits per heavy atom. The maximum Gasteiger partial charge on any atom is 0.251 e. The lowest BCUT2D eigenvalue weighted by Crippen LogP contribution is -2.40. The largest absolute Gasteiger partial charge is 0.448 e. The predicted molar refractivity (Wildman–Crippen MR) is 102 cm³/mol. The predicted octanol–water partition coefficient (Wildman–Crippen LogP) is 4.56. The van der Waals surface area contributed by atoms with E-state index in [9.17, 15) is 4.79 Å². The Balaban J connectivity index is 1.34. The number of fused-ring (bicyclic) bond motifs is 1. The molecular formula is C22H22N2O3. The van der Waals surface area contributed by atoms with Crippen LogP contribution in [0.5, 0.6) is 11.5 Å². The van der Waals surface area contributed by atoms with Gasteiger partial charge in [0.1, 0.15) is 0 Å². The van der Waals surface area contributed by atoms with Crippen molar-refractivity contribution in [3.8, 4) is 17.6 Å². The van der Waals surface area contributed by atoms with E-state index in [1.165, 1.54) is 6.42 Å². The van der Waals surface area contributed by atoms with E-state index in [1.807, 2.05) is 30.3 Å². The van der Waals surface area contributed by atoms with Crippen LogP contribution in [-0.4, -0.2) is 11.7 Å². The number of amides is 1. The van der Waals surface area contributed by atoms with Gasteiger partial charge in [-0.3, -0.25) is 4.79 Å². The first-order valence-corrected chi connectivity index (χ1v) is 9.47. The molecular weight excluding hydrogens is 340 g/mol. The number of benzene rings is 2. The summed E-state index contributed by atoms with van der Waals surface area (Å²) in [4.78, 5) is 12.3. The summed E-state index contributed by atoms with van der Waals surface area (Å²) in [5, 5.41) is 11.8. The summed E-state index contributed by atoms with van der Waals surface area (Å²) in [6.07, 6.45) is 6.29. The maximum atomic E-state index is 12.3. The number of nitrogens with zero attached hydrogens (tertiary/aromatic N) is 1. The summed E-state index contributed by atoms with van der Waals surface area (Å²) in [7, 11) is 0. The van der Waals surface area contributed by atoms with Crippen molar-refractivity contribution in [1.29, 1.82) is 5.26 Å². The molecule has 1 aliphatic carbocycles. The fraction of sp³-hybridized carbons (Fsp3) is 0.364. The van der Waals surface area contributed by atoms with E-state index < -0.39 is 5.79 Å². The highest BCUT2D eigenvalue weighted by Gasteiger charge is 2.42. The Labute approximate surface area is 158 Å². The maximum absolute atomic E-state index is 12.3. The highest BCUT2D eigenvalue weighted by molar-refractivity contribution is 5.91. The highest BCUT2D eigenvalue weighted by atomic mass is 16.7. The van der Waals surface area contributed by atoms with E-state index in [-0.39, 0.29) is 5.91 Å². The molecule has 4 rings (SSSR count). The number of carbonyl (C=O) groups is 1. The van der Waals surface area contributed by atoms with Gasteiger partial charge in [0.05, 0.1) is 11.6 Å². The molecule has 2 aromatic carbocycles. The molecule has 1 aliphatic heterocycles. The molecule has 0 saturated heterocycles. The van der Waals surface area contributed by atoms with Crippen molar-refractivity contribution in [1.82, 2.24) is 0 Å². The number of ether oxygens (including phenoxy) is 2. The number of aryl methyl sites for hydroxylation is 1. The minimum Gasteiger partial charge on any atom is -0.448 e. The van der Waals surface area contributed by atoms with Gasteiger partial charge < -0.3 is 14.8 Å². The molecule has 138 valence electrons. The van der Waals surface area contributed by atoms with Crippen LogP contribution in [0, 0.1) is 11.3 Å². The zero-order valence-electron chi connectivity index (χ0n) is 15.2. The minimum absolute atomic E-state index is 0.0504. The second-order valence-corrected chi connectivity index (χ2v) is 7.19. The topological polar surface area (TPSA) is 71.4 Å². The van der Waals surface area contributed by atoms with E-state index >= 15 is 0 Å². The van der Waals surface area contributed by atoms with Crippen LogP contribution in [0.1, 0.15) is 49.7 Å². The van der Waals surface area contributed by atoms with Crippen molar-refractivity contribution in [3.05, 3.63) is 53.6 Å². The Morgan fingerprint density at radius 3 is 2.52 bits per heavy atom. The standard InChI is InChI=1S/C22H22N2O3/c23-15-17-6-4-16(5-7-17)8-11-21(25)24-18-9-10-19-20(14-18)27-22(26-19)12-2-1-3-13-22/h4-7,9-10,14H,1-3,8,11-13H2,(H,24,25). The Bertz CT molecular complexity index is 877. The molecule has 1 N–H and O–H groups in total. The quantitative estimate of drug-likeness (QED) is 0.865. The van der Waals surface area contributed by atoms with Crippen molar-refractivity contribution in [2.24, 2.45) is 0 Å². The van der Waals surface area contributed by atoms with Crippen LogP contribution >= 0.6 is 0 Å². The lowest BCUT2D eigenvalue weighted by atomic mass is 9.94. The third-order valence-electron chi connectivity index (χ3n) is 5.16. The second-order valence-electron chi connectivity index (χ2n) is 7.19. The Hall–Kier alpha value is -3.00. The van der Waals surface area contributed by atoms with Gasteiger partial charge in [0.25, 0.3) is 5.79 Å². The van der Waals surface area contributed by atoms with Crippen molar-refractivity contribution >= 4 is 11.6 Å². The average molecular weight is 362 g/mol. The fourth-order valence-electron chi connectivity index (χ4n) is 3.69. The summed E-state index contributed by atoms with van der Waals surface area (Å²) in [5.74, 6) is 0.915. The highest BCUT2D eigenvalue weighted by Crippen LogP contribution is 2.46. The lowest BCUT2D eigenvalue weighted by molar-refractivity contribution is -0.116. The molecule has 1 saturated carbocycles. The average Bonchev–Trinajstić information content (AvgIpc) is 3.03. The second kappa shape index (κ2) is 7.32. The molecule has 1 spiro atoms. The number of nitrogens with one attached hydrogen (secondary N) is 1. The number of hydrogen-bond acceptors (Lipinski definition) is 4. The molecule has 1 heterocycles. The van der Waals surface area contributed by atoms with Crippen LogP contribution in [0.15, 0.2) is 42.5 Å². The van der Waals surface area contributed by atoms with E-state index in [1.54, 1.807) is 12.1 Å². The van der Waals surface area contributed by atoms with E-state index in [2.05, 4.69) is 11.4 Å². The monoisotopic (exact) mass is 362 g/mol. The van der Waals surface area contributed by atoms with Crippen molar-refractivity contribution < 1.29 is 14.3 Å². The summed E-state index contributed by atoms with van der Waals surface area (Å²) in [6, 6.07) is 15.0. The number of nitriles is 1. The molecule has 27 heavy (non-hydrogen) atoms. The molecule has 5 heteroatoms. The molecule has 0 radical (unpaired) electrons. The fourth-order valence-corrected chi connectivity index (χ4v) is 3.69. The van der Waals surface area contributed by atoms with Crippen molar-refractivity contribution in [2.75, 3.05) is 5.32 Å². The van der Waals surface area contributed by atoms with Gasteiger partial charge in [0.2, 0.25) is 5.91 Å². The molecule has 5 nitrogen and oxygen atoms in total. The molecule has 0 atom stereocenters. The van der Waals surface area contributed by atoms with Crippen LogP contribution in [-0.2, 0) is 11.2 Å². The smallest absolute Gasteiger partial charge is 0.251 e. The number of hydrogen-bond donors (Lipinski definition) is 1. The van der Waals surface area contributed by atoms with Gasteiger partial charge in [-0.1, -0.05) is 18.6 Å². The molecule has 2 aliphatic rings. The lowest BCUT2D eigenvalue weighted by Gasteiger charge is -2.31. The first-order chi connectivity index (χ1) is 13.2. The van der Waals surface area contributed by atoms with Crippen molar-refractivity contribution in [2.45, 2.75) is 50.7 Å². The Kier molecular flexibility index (Phi) is 4.72. The summed E-state index contributed by atoms with van der Waals surface area (Å²) in [5.41, 5.74) is 2.38. The number of rotatable bonds is 4. The Morgan fingerprint density at radius 1 is 1.04 bits per heavy atom. The normalized spacial score (nSPS) is 16.7. The van der Waals surface area contributed by atoms with E-state index in [4.69, 9.17) is 14.7 Å².